The van der Waals surface area contributed by atoms with Crippen LogP contribution in [0.25, 0.3) is 0 Å². The van der Waals surface area contributed by atoms with Crippen LogP contribution < -0.4 is 10.1 Å². The first-order chi connectivity index (χ1) is 12.1. The number of nitrogens with one attached hydrogen (secondary N) is 1. The van der Waals surface area contributed by atoms with Gasteiger partial charge in [0.1, 0.15) is 12.4 Å². The van der Waals surface area contributed by atoms with E-state index >= 15 is 0 Å². The molecule has 0 aliphatic carbocycles. The summed E-state index contributed by atoms with van der Waals surface area (Å²) in [5.74, 6) is 0.592. The minimum Gasteiger partial charge on any atom is -0.490 e. The topological polar surface area (TPSA) is 41.6 Å². The first-order valence-corrected chi connectivity index (χ1v) is 8.88. The van der Waals surface area contributed by atoms with Gasteiger partial charge in [-0.3, -0.25) is 4.79 Å². The molecule has 0 saturated carbocycles. The zero-order valence-electron chi connectivity index (χ0n) is 15.6. The van der Waals surface area contributed by atoms with Crippen LogP contribution in [0.1, 0.15) is 35.3 Å². The average Bonchev–Trinajstić information content (AvgIpc) is 2.62. The predicted molar refractivity (Wildman–Crippen MR) is 104 cm³/mol. The fraction of sp³-hybridized carbons (Fsp3) is 0.381. The summed E-state index contributed by atoms with van der Waals surface area (Å²) < 4.78 is 5.91. The molecule has 0 saturated heterocycles. The van der Waals surface area contributed by atoms with Crippen LogP contribution in [0, 0.1) is 13.8 Å². The lowest BCUT2D eigenvalue weighted by molar-refractivity contribution is 0.102. The lowest BCUT2D eigenvalue weighted by Gasteiger charge is -2.19. The van der Waals surface area contributed by atoms with E-state index in [9.17, 15) is 4.79 Å². The molecule has 0 aliphatic heterocycles. The molecule has 2 aromatic rings. The first kappa shape index (κ1) is 19.0. The van der Waals surface area contributed by atoms with Crippen LogP contribution in [0.3, 0.4) is 0 Å². The van der Waals surface area contributed by atoms with Gasteiger partial charge in [0.05, 0.1) is 5.69 Å². The van der Waals surface area contributed by atoms with Gasteiger partial charge in [-0.05, 0) is 56.3 Å². The number of rotatable bonds is 8. The Labute approximate surface area is 150 Å². The molecule has 4 heteroatoms. The van der Waals surface area contributed by atoms with Gasteiger partial charge in [0.25, 0.3) is 5.91 Å². The minimum atomic E-state index is -0.110. The molecule has 4 nitrogen and oxygen atoms in total. The summed E-state index contributed by atoms with van der Waals surface area (Å²) in [4.78, 5) is 14.9. The summed E-state index contributed by atoms with van der Waals surface area (Å²) in [5, 5.41) is 2.98. The van der Waals surface area contributed by atoms with Crippen LogP contribution in [0.2, 0.25) is 0 Å². The Balaban J connectivity index is 2.07. The van der Waals surface area contributed by atoms with Crippen molar-refractivity contribution >= 4 is 11.6 Å². The summed E-state index contributed by atoms with van der Waals surface area (Å²) in [5.41, 5.74) is 3.50. The highest BCUT2D eigenvalue weighted by Crippen LogP contribution is 2.25. The van der Waals surface area contributed by atoms with Crippen LogP contribution in [0.5, 0.6) is 5.75 Å². The molecule has 25 heavy (non-hydrogen) atoms. The highest BCUT2D eigenvalue weighted by atomic mass is 16.5. The Morgan fingerprint density at radius 1 is 1.04 bits per heavy atom. The zero-order chi connectivity index (χ0) is 18.2. The molecule has 0 unspecified atom stereocenters. The molecule has 0 aliphatic rings. The zero-order valence-corrected chi connectivity index (χ0v) is 15.6. The van der Waals surface area contributed by atoms with E-state index < -0.39 is 0 Å². The number of amides is 1. The van der Waals surface area contributed by atoms with E-state index in [2.05, 4.69) is 24.1 Å². The lowest BCUT2D eigenvalue weighted by atomic mass is 10.0. The van der Waals surface area contributed by atoms with Gasteiger partial charge in [-0.25, -0.2) is 0 Å². The maximum atomic E-state index is 12.6. The SMILES string of the molecule is CCN(CC)CCOc1ccccc1NC(=O)c1cccc(C)c1C. The molecule has 0 heterocycles. The number of aryl methyl sites for hydroxylation is 1. The van der Waals surface area contributed by atoms with E-state index in [0.717, 1.165) is 30.8 Å². The van der Waals surface area contributed by atoms with E-state index in [1.807, 2.05) is 56.3 Å². The first-order valence-electron chi connectivity index (χ1n) is 8.88. The van der Waals surface area contributed by atoms with Crippen molar-refractivity contribution in [3.63, 3.8) is 0 Å². The summed E-state index contributed by atoms with van der Waals surface area (Å²) in [6, 6.07) is 13.3. The molecule has 0 atom stereocenters. The number of anilines is 1. The number of hydrogen-bond donors (Lipinski definition) is 1. The standard InChI is InChI=1S/C21H28N2O2/c1-5-23(6-2)14-15-25-20-13-8-7-12-19(20)22-21(24)18-11-9-10-16(3)17(18)4/h7-13H,5-6,14-15H2,1-4H3,(H,22,24). The average molecular weight is 340 g/mol. The minimum absolute atomic E-state index is 0.110. The number of ether oxygens (including phenoxy) is 1. The van der Waals surface area contributed by atoms with Crippen molar-refractivity contribution in [3.05, 3.63) is 59.2 Å². The third-order valence-electron chi connectivity index (χ3n) is 4.54. The molecule has 0 aromatic heterocycles. The van der Waals surface area contributed by atoms with Crippen LogP contribution in [-0.4, -0.2) is 37.0 Å². The molecule has 1 amide bonds. The van der Waals surface area contributed by atoms with Crippen molar-refractivity contribution < 1.29 is 9.53 Å². The Hall–Kier alpha value is -2.33. The fourth-order valence-corrected chi connectivity index (χ4v) is 2.71. The number of hydrogen-bond acceptors (Lipinski definition) is 3. The number of benzene rings is 2. The molecule has 0 fully saturated rings. The van der Waals surface area contributed by atoms with Gasteiger partial charge in [0.15, 0.2) is 0 Å². The van der Waals surface area contributed by atoms with Crippen molar-refractivity contribution in [1.29, 1.82) is 0 Å². The normalized spacial score (nSPS) is 10.8. The van der Waals surface area contributed by atoms with Crippen molar-refractivity contribution in [2.24, 2.45) is 0 Å². The summed E-state index contributed by atoms with van der Waals surface area (Å²) in [7, 11) is 0. The van der Waals surface area contributed by atoms with E-state index in [4.69, 9.17) is 4.74 Å². The summed E-state index contributed by atoms with van der Waals surface area (Å²) >= 11 is 0. The molecule has 2 aromatic carbocycles. The Bertz CT molecular complexity index is 709. The van der Waals surface area contributed by atoms with Gasteiger partial charge in [0, 0.05) is 12.1 Å². The predicted octanol–water partition coefficient (Wildman–Crippen LogP) is 4.28. The Kier molecular flexibility index (Phi) is 7.02. The Morgan fingerprint density at radius 3 is 2.48 bits per heavy atom. The summed E-state index contributed by atoms with van der Waals surface area (Å²) in [6.45, 7) is 11.7. The van der Waals surface area contributed by atoms with Crippen molar-refractivity contribution in [2.75, 3.05) is 31.6 Å². The van der Waals surface area contributed by atoms with Gasteiger partial charge < -0.3 is 15.0 Å². The van der Waals surface area contributed by atoms with Crippen molar-refractivity contribution in [2.45, 2.75) is 27.7 Å². The lowest BCUT2D eigenvalue weighted by Crippen LogP contribution is -2.28. The number of nitrogens with zero attached hydrogens (tertiary/aromatic N) is 1. The second kappa shape index (κ2) is 9.23. The quantitative estimate of drug-likeness (QED) is 0.780. The van der Waals surface area contributed by atoms with E-state index in [-0.39, 0.29) is 5.91 Å². The number of carbonyl (C=O) groups is 1. The van der Waals surface area contributed by atoms with Crippen LogP contribution in [0.15, 0.2) is 42.5 Å². The van der Waals surface area contributed by atoms with Gasteiger partial charge in [-0.2, -0.15) is 0 Å². The van der Waals surface area contributed by atoms with E-state index in [1.54, 1.807) is 0 Å². The smallest absolute Gasteiger partial charge is 0.256 e. The highest BCUT2D eigenvalue weighted by Gasteiger charge is 2.13. The molecule has 0 bridgehead atoms. The number of likely N-dealkylation sites (N-methyl/N-ethyl adjacent to an activating group) is 1. The van der Waals surface area contributed by atoms with Crippen LogP contribution >= 0.6 is 0 Å². The third kappa shape index (κ3) is 5.07. The molecule has 2 rings (SSSR count). The molecular weight excluding hydrogens is 312 g/mol. The van der Waals surface area contributed by atoms with Crippen molar-refractivity contribution in [1.82, 2.24) is 4.90 Å². The second-order valence-electron chi connectivity index (χ2n) is 6.07. The van der Waals surface area contributed by atoms with Gasteiger partial charge in [-0.1, -0.05) is 38.1 Å². The fourth-order valence-electron chi connectivity index (χ4n) is 2.71. The van der Waals surface area contributed by atoms with Gasteiger partial charge >= 0.3 is 0 Å². The number of carbonyl (C=O) groups excluding carboxylic acids is 1. The van der Waals surface area contributed by atoms with Gasteiger partial charge in [-0.15, -0.1) is 0 Å². The number of para-hydroxylation sites is 2. The molecule has 0 spiro atoms. The van der Waals surface area contributed by atoms with Gasteiger partial charge in [0.2, 0.25) is 0 Å². The maximum absolute atomic E-state index is 12.6. The molecular formula is C21H28N2O2. The molecule has 0 radical (unpaired) electrons. The van der Waals surface area contributed by atoms with Crippen LogP contribution in [-0.2, 0) is 0 Å². The maximum Gasteiger partial charge on any atom is 0.256 e. The molecule has 134 valence electrons. The monoisotopic (exact) mass is 340 g/mol. The largest absolute Gasteiger partial charge is 0.490 e. The molecule has 1 N–H and O–H groups in total. The van der Waals surface area contributed by atoms with Crippen molar-refractivity contribution in [3.8, 4) is 5.75 Å². The highest BCUT2D eigenvalue weighted by molar-refractivity contribution is 6.06. The Morgan fingerprint density at radius 2 is 1.76 bits per heavy atom. The summed E-state index contributed by atoms with van der Waals surface area (Å²) in [6.07, 6.45) is 0. The van der Waals surface area contributed by atoms with E-state index in [1.165, 1.54) is 0 Å². The second-order valence-corrected chi connectivity index (χ2v) is 6.07. The third-order valence-corrected chi connectivity index (χ3v) is 4.54. The van der Waals surface area contributed by atoms with Crippen LogP contribution in [0.4, 0.5) is 5.69 Å². The van der Waals surface area contributed by atoms with E-state index in [0.29, 0.717) is 23.6 Å².